The molecule has 36 heavy (non-hydrogen) atoms. The molecule has 2 aromatic heterocycles. The number of anilines is 1. The molecule has 4 N–H and O–H groups in total. The molecule has 5 rings (SSSR count). The van der Waals surface area contributed by atoms with E-state index in [1.165, 1.54) is 6.33 Å². The number of nitrogens with zero attached hydrogens (tertiary/aromatic N) is 5. The Bertz CT molecular complexity index is 1320. The molecule has 2 aromatic carbocycles. The summed E-state index contributed by atoms with van der Waals surface area (Å²) in [5, 5.41) is 14.4. The van der Waals surface area contributed by atoms with E-state index in [1.54, 1.807) is 5.48 Å². The van der Waals surface area contributed by atoms with E-state index in [1.807, 2.05) is 59.3 Å². The number of aromatic nitrogens is 4. The number of hydrogen-bond donors (Lipinski definition) is 3. The van der Waals surface area contributed by atoms with E-state index in [0.717, 1.165) is 60.6 Å². The Morgan fingerprint density at radius 3 is 2.67 bits per heavy atom. The van der Waals surface area contributed by atoms with E-state index >= 15 is 0 Å². The summed E-state index contributed by atoms with van der Waals surface area (Å²) in [5.41, 5.74) is 10.4. The average Bonchev–Trinajstić information content (AvgIpc) is 3.31. The fourth-order valence-corrected chi connectivity index (χ4v) is 4.71. The van der Waals surface area contributed by atoms with Gasteiger partial charge in [0.1, 0.15) is 29.3 Å². The first kappa shape index (κ1) is 23.7. The first-order valence-corrected chi connectivity index (χ1v) is 12.1. The van der Waals surface area contributed by atoms with Gasteiger partial charge in [-0.2, -0.15) is 5.10 Å². The Morgan fingerprint density at radius 1 is 1.11 bits per heavy atom. The lowest BCUT2D eigenvalue weighted by atomic mass is 10.1. The van der Waals surface area contributed by atoms with Crippen LogP contribution in [0.5, 0.6) is 11.5 Å². The number of nitrogens with two attached hydrogens (primary N) is 1. The van der Waals surface area contributed by atoms with Crippen molar-refractivity contribution in [2.45, 2.75) is 31.7 Å². The molecule has 1 fully saturated rings. The average molecular weight is 488 g/mol. The quantitative estimate of drug-likeness (QED) is 0.253. The second-order valence-electron chi connectivity index (χ2n) is 8.93. The summed E-state index contributed by atoms with van der Waals surface area (Å²) in [4.78, 5) is 22.4. The summed E-state index contributed by atoms with van der Waals surface area (Å²) >= 11 is 0. The van der Waals surface area contributed by atoms with E-state index in [-0.39, 0.29) is 11.9 Å². The van der Waals surface area contributed by atoms with E-state index < -0.39 is 0 Å². The summed E-state index contributed by atoms with van der Waals surface area (Å²) in [5.74, 6) is 1.54. The minimum absolute atomic E-state index is 0.122. The Labute approximate surface area is 208 Å². The molecule has 3 heterocycles. The summed E-state index contributed by atoms with van der Waals surface area (Å²) in [6, 6.07) is 17.5. The van der Waals surface area contributed by atoms with Crippen molar-refractivity contribution < 1.29 is 14.7 Å². The van der Waals surface area contributed by atoms with E-state index in [9.17, 15) is 4.79 Å². The van der Waals surface area contributed by atoms with E-state index in [0.29, 0.717) is 24.3 Å². The van der Waals surface area contributed by atoms with Crippen molar-refractivity contribution in [1.82, 2.24) is 30.1 Å². The van der Waals surface area contributed by atoms with Gasteiger partial charge in [0.2, 0.25) is 5.91 Å². The van der Waals surface area contributed by atoms with E-state index in [4.69, 9.17) is 20.8 Å². The van der Waals surface area contributed by atoms with Gasteiger partial charge in [-0.1, -0.05) is 18.2 Å². The lowest BCUT2D eigenvalue weighted by Crippen LogP contribution is -2.38. The van der Waals surface area contributed by atoms with Crippen molar-refractivity contribution in [2.75, 3.05) is 25.4 Å². The molecule has 1 atom stereocenters. The number of amides is 1. The number of nitrogen functional groups attached to an aromatic ring is 1. The van der Waals surface area contributed by atoms with Gasteiger partial charge in [0.15, 0.2) is 5.65 Å². The van der Waals surface area contributed by atoms with Crippen LogP contribution in [0.1, 0.15) is 31.7 Å². The highest BCUT2D eigenvalue weighted by molar-refractivity contribution is 5.98. The zero-order chi connectivity index (χ0) is 24.9. The highest BCUT2D eigenvalue weighted by atomic mass is 16.5. The number of piperidine rings is 1. The maximum absolute atomic E-state index is 11.3. The molecule has 1 aliphatic heterocycles. The minimum atomic E-state index is -0.362. The molecular formula is C26H29N7O3. The standard InChI is InChI=1S/C26H29N7O3/c27-25-23-24(18-10-12-21(13-11-18)36-20-7-2-1-3-8-20)30-33(26(23)29-17-28-25)19-6-4-14-32(16-19)15-5-9-22(34)31-35/h1-3,7-8,10-13,17,19,35H,4-6,9,14-16H2,(H,31,34)(H2,27,28,29). The maximum atomic E-state index is 11.3. The molecule has 10 nitrogen and oxygen atoms in total. The Kier molecular flexibility index (Phi) is 7.06. The monoisotopic (exact) mass is 487 g/mol. The van der Waals surface area contributed by atoms with Crippen molar-refractivity contribution in [2.24, 2.45) is 0 Å². The first-order chi connectivity index (χ1) is 17.6. The first-order valence-electron chi connectivity index (χ1n) is 12.1. The topological polar surface area (TPSA) is 131 Å². The highest BCUT2D eigenvalue weighted by Gasteiger charge is 2.26. The van der Waals surface area contributed by atoms with Gasteiger partial charge in [0.05, 0.1) is 11.4 Å². The second kappa shape index (κ2) is 10.7. The molecule has 10 heteroatoms. The van der Waals surface area contributed by atoms with Crippen molar-refractivity contribution in [3.8, 4) is 22.8 Å². The van der Waals surface area contributed by atoms with Gasteiger partial charge in [0, 0.05) is 18.5 Å². The number of hydrogen-bond acceptors (Lipinski definition) is 8. The van der Waals surface area contributed by atoms with Crippen molar-refractivity contribution in [3.63, 3.8) is 0 Å². The van der Waals surface area contributed by atoms with Crippen molar-refractivity contribution in [3.05, 3.63) is 60.9 Å². The third-order valence-electron chi connectivity index (χ3n) is 6.45. The van der Waals surface area contributed by atoms with Crippen LogP contribution in [0.25, 0.3) is 22.3 Å². The van der Waals surface area contributed by atoms with Crippen LogP contribution < -0.4 is 16.0 Å². The number of carbonyl (C=O) groups is 1. The number of carbonyl (C=O) groups excluding carboxylic acids is 1. The number of likely N-dealkylation sites (tertiary alicyclic amines) is 1. The predicted octanol–water partition coefficient (Wildman–Crippen LogP) is 3.79. The van der Waals surface area contributed by atoms with Gasteiger partial charge in [-0.05, 0) is 68.8 Å². The largest absolute Gasteiger partial charge is 0.457 e. The van der Waals surface area contributed by atoms with Crippen molar-refractivity contribution in [1.29, 1.82) is 0 Å². The third-order valence-corrected chi connectivity index (χ3v) is 6.45. The lowest BCUT2D eigenvalue weighted by Gasteiger charge is -2.32. The molecule has 0 saturated carbocycles. The molecule has 1 amide bonds. The number of fused-ring (bicyclic) bond motifs is 1. The normalized spacial score (nSPS) is 16.2. The van der Waals surface area contributed by atoms with Gasteiger partial charge >= 0.3 is 0 Å². The Hall–Kier alpha value is -4.02. The van der Waals surface area contributed by atoms with Gasteiger partial charge in [-0.3, -0.25) is 10.0 Å². The second-order valence-corrected chi connectivity index (χ2v) is 8.93. The van der Waals surface area contributed by atoms with Crippen LogP contribution in [0.3, 0.4) is 0 Å². The SMILES string of the molecule is Nc1ncnc2c1c(-c1ccc(Oc3ccccc3)cc1)nn2C1CCCN(CCCC(=O)NO)C1. The Morgan fingerprint density at radius 2 is 1.89 bits per heavy atom. The zero-order valence-electron chi connectivity index (χ0n) is 19.9. The smallest absolute Gasteiger partial charge is 0.243 e. The van der Waals surface area contributed by atoms with Crippen LogP contribution >= 0.6 is 0 Å². The van der Waals surface area contributed by atoms with E-state index in [2.05, 4.69) is 14.9 Å². The third kappa shape index (κ3) is 5.14. The van der Waals surface area contributed by atoms with Gasteiger partial charge < -0.3 is 15.4 Å². The number of rotatable bonds is 8. The van der Waals surface area contributed by atoms with Gasteiger partial charge in [-0.15, -0.1) is 0 Å². The maximum Gasteiger partial charge on any atom is 0.243 e. The summed E-state index contributed by atoms with van der Waals surface area (Å²) < 4.78 is 7.90. The number of para-hydroxylation sites is 1. The van der Waals surface area contributed by atoms with Crippen LogP contribution in [-0.4, -0.2) is 55.4 Å². The van der Waals surface area contributed by atoms with Crippen molar-refractivity contribution >= 4 is 22.8 Å². The number of benzene rings is 2. The number of hydroxylamine groups is 1. The molecular weight excluding hydrogens is 458 g/mol. The van der Waals surface area contributed by atoms with Gasteiger partial charge in [0.25, 0.3) is 0 Å². The lowest BCUT2D eigenvalue weighted by molar-refractivity contribution is -0.129. The van der Waals surface area contributed by atoms with Crippen LogP contribution in [0.2, 0.25) is 0 Å². The molecule has 1 aliphatic rings. The molecule has 0 bridgehead atoms. The summed E-state index contributed by atoms with van der Waals surface area (Å²) in [7, 11) is 0. The summed E-state index contributed by atoms with van der Waals surface area (Å²) in [6.45, 7) is 2.53. The van der Waals surface area contributed by atoms with Crippen LogP contribution in [0, 0.1) is 0 Å². The van der Waals surface area contributed by atoms with Crippen LogP contribution in [0.15, 0.2) is 60.9 Å². The molecule has 4 aromatic rings. The minimum Gasteiger partial charge on any atom is -0.457 e. The fourth-order valence-electron chi connectivity index (χ4n) is 4.71. The molecule has 186 valence electrons. The molecule has 1 saturated heterocycles. The molecule has 0 radical (unpaired) electrons. The molecule has 1 unspecified atom stereocenters. The van der Waals surface area contributed by atoms with Gasteiger partial charge in [-0.25, -0.2) is 20.1 Å². The molecule has 0 spiro atoms. The fraction of sp³-hybridized carbons (Fsp3) is 0.308. The molecule has 0 aliphatic carbocycles. The Balaban J connectivity index is 1.39. The number of nitrogens with one attached hydrogen (secondary N) is 1. The number of ether oxygens (including phenoxy) is 1. The van der Waals surface area contributed by atoms with Crippen LogP contribution in [-0.2, 0) is 4.79 Å². The summed E-state index contributed by atoms with van der Waals surface area (Å²) in [6.07, 6.45) is 4.43. The predicted molar refractivity (Wildman–Crippen MR) is 136 cm³/mol. The van der Waals surface area contributed by atoms with Crippen LogP contribution in [0.4, 0.5) is 5.82 Å². The zero-order valence-corrected chi connectivity index (χ0v) is 19.9. The highest BCUT2D eigenvalue weighted by Crippen LogP contribution is 2.34.